The molecular formula is C18H28N2O. The number of rotatable bonds is 5. The van der Waals surface area contributed by atoms with Gasteiger partial charge in [-0.15, -0.1) is 0 Å². The number of amides is 1. The predicted octanol–water partition coefficient (Wildman–Crippen LogP) is 2.95. The third kappa shape index (κ3) is 4.31. The van der Waals surface area contributed by atoms with Crippen LogP contribution in [0.5, 0.6) is 0 Å². The van der Waals surface area contributed by atoms with E-state index in [0.717, 1.165) is 39.0 Å². The first-order chi connectivity index (χ1) is 10.0. The van der Waals surface area contributed by atoms with Crippen LogP contribution >= 0.6 is 0 Å². The van der Waals surface area contributed by atoms with E-state index in [-0.39, 0.29) is 5.54 Å². The van der Waals surface area contributed by atoms with Gasteiger partial charge in [0.05, 0.1) is 0 Å². The van der Waals surface area contributed by atoms with Crippen LogP contribution in [0.2, 0.25) is 0 Å². The second-order valence-electron chi connectivity index (χ2n) is 6.52. The van der Waals surface area contributed by atoms with Crippen LogP contribution in [0.3, 0.4) is 0 Å². The van der Waals surface area contributed by atoms with Gasteiger partial charge >= 0.3 is 0 Å². The topological polar surface area (TPSA) is 23.6 Å². The van der Waals surface area contributed by atoms with Gasteiger partial charge in [-0.3, -0.25) is 9.69 Å². The molecule has 21 heavy (non-hydrogen) atoms. The minimum atomic E-state index is 0.249. The fourth-order valence-electron chi connectivity index (χ4n) is 2.84. The van der Waals surface area contributed by atoms with Gasteiger partial charge in [0, 0.05) is 38.1 Å². The highest BCUT2D eigenvalue weighted by Crippen LogP contribution is 2.20. The predicted molar refractivity (Wildman–Crippen MR) is 87.3 cm³/mol. The number of benzene rings is 1. The van der Waals surface area contributed by atoms with Crippen molar-refractivity contribution in [3.05, 3.63) is 35.9 Å². The Bertz CT molecular complexity index is 448. The molecule has 0 unspecified atom stereocenters. The van der Waals surface area contributed by atoms with E-state index in [2.05, 4.69) is 37.8 Å². The smallest absolute Gasteiger partial charge is 0.222 e. The SMILES string of the molecule is CCC(C)(C)N1CCN(C(=O)CCc2ccccc2)CC1. The molecule has 1 amide bonds. The molecule has 3 nitrogen and oxygen atoms in total. The van der Waals surface area contributed by atoms with Crippen LogP contribution in [-0.4, -0.2) is 47.4 Å². The Morgan fingerprint density at radius 1 is 1.10 bits per heavy atom. The molecule has 3 heteroatoms. The molecule has 0 aliphatic carbocycles. The lowest BCUT2D eigenvalue weighted by molar-refractivity contribution is -0.133. The van der Waals surface area contributed by atoms with Crippen molar-refractivity contribution < 1.29 is 4.79 Å². The van der Waals surface area contributed by atoms with Crippen molar-refractivity contribution in [1.82, 2.24) is 9.80 Å². The van der Waals surface area contributed by atoms with Crippen molar-refractivity contribution in [1.29, 1.82) is 0 Å². The monoisotopic (exact) mass is 288 g/mol. The minimum Gasteiger partial charge on any atom is -0.340 e. The van der Waals surface area contributed by atoms with Gasteiger partial charge in [-0.2, -0.15) is 0 Å². The van der Waals surface area contributed by atoms with Crippen molar-refractivity contribution in [3.8, 4) is 0 Å². The molecule has 0 atom stereocenters. The fraction of sp³-hybridized carbons (Fsp3) is 0.611. The number of hydrogen-bond donors (Lipinski definition) is 0. The molecule has 1 aliphatic heterocycles. The molecule has 0 aromatic heterocycles. The molecule has 1 aromatic carbocycles. The fourth-order valence-corrected chi connectivity index (χ4v) is 2.84. The maximum absolute atomic E-state index is 12.3. The van der Waals surface area contributed by atoms with Crippen LogP contribution in [0.15, 0.2) is 30.3 Å². The molecule has 2 rings (SSSR count). The lowest BCUT2D eigenvalue weighted by Crippen LogP contribution is -2.55. The molecule has 1 heterocycles. The average molecular weight is 288 g/mol. The van der Waals surface area contributed by atoms with E-state index in [0.29, 0.717) is 12.3 Å². The zero-order chi connectivity index (χ0) is 15.3. The standard InChI is InChI=1S/C18H28N2O/c1-4-18(2,3)20-14-12-19(13-15-20)17(21)11-10-16-8-6-5-7-9-16/h5-9H,4,10-15H2,1-3H3. The Hall–Kier alpha value is -1.35. The van der Waals surface area contributed by atoms with Gasteiger partial charge in [-0.05, 0) is 32.3 Å². The summed E-state index contributed by atoms with van der Waals surface area (Å²) in [7, 11) is 0. The number of carbonyl (C=O) groups excluding carboxylic acids is 1. The lowest BCUT2D eigenvalue weighted by Gasteiger charge is -2.43. The summed E-state index contributed by atoms with van der Waals surface area (Å²) in [6.07, 6.45) is 2.62. The zero-order valence-electron chi connectivity index (χ0n) is 13.6. The average Bonchev–Trinajstić information content (AvgIpc) is 2.53. The van der Waals surface area contributed by atoms with Crippen LogP contribution in [0.1, 0.15) is 39.2 Å². The molecule has 1 fully saturated rings. The van der Waals surface area contributed by atoms with Gasteiger partial charge in [-0.1, -0.05) is 37.3 Å². The van der Waals surface area contributed by atoms with Crippen molar-refractivity contribution in [2.24, 2.45) is 0 Å². The lowest BCUT2D eigenvalue weighted by atomic mass is 9.98. The first kappa shape index (κ1) is 16.0. The second kappa shape index (κ2) is 7.08. The van der Waals surface area contributed by atoms with Crippen LogP contribution in [-0.2, 0) is 11.2 Å². The van der Waals surface area contributed by atoms with Gasteiger partial charge < -0.3 is 4.90 Å². The molecule has 0 saturated carbocycles. The third-order valence-corrected chi connectivity index (χ3v) is 4.82. The van der Waals surface area contributed by atoms with Crippen molar-refractivity contribution in [2.45, 2.75) is 45.6 Å². The number of carbonyl (C=O) groups is 1. The van der Waals surface area contributed by atoms with Crippen molar-refractivity contribution in [2.75, 3.05) is 26.2 Å². The minimum absolute atomic E-state index is 0.249. The van der Waals surface area contributed by atoms with E-state index in [9.17, 15) is 4.79 Å². The van der Waals surface area contributed by atoms with Crippen LogP contribution < -0.4 is 0 Å². The maximum Gasteiger partial charge on any atom is 0.222 e. The summed E-state index contributed by atoms with van der Waals surface area (Å²) in [6, 6.07) is 10.3. The molecule has 0 bridgehead atoms. The maximum atomic E-state index is 12.3. The second-order valence-corrected chi connectivity index (χ2v) is 6.52. The van der Waals surface area contributed by atoms with Gasteiger partial charge in [0.15, 0.2) is 0 Å². The Kier molecular flexibility index (Phi) is 5.40. The Morgan fingerprint density at radius 3 is 2.29 bits per heavy atom. The highest BCUT2D eigenvalue weighted by molar-refractivity contribution is 5.76. The Morgan fingerprint density at radius 2 is 1.71 bits per heavy atom. The van der Waals surface area contributed by atoms with Crippen molar-refractivity contribution >= 4 is 5.91 Å². The van der Waals surface area contributed by atoms with Crippen LogP contribution in [0.25, 0.3) is 0 Å². The molecule has 0 spiro atoms. The first-order valence-electron chi connectivity index (χ1n) is 8.09. The normalized spacial score (nSPS) is 17.0. The number of aryl methyl sites for hydroxylation is 1. The summed E-state index contributed by atoms with van der Waals surface area (Å²) in [6.45, 7) is 10.6. The Balaban J connectivity index is 1.78. The summed E-state index contributed by atoms with van der Waals surface area (Å²) in [5.41, 5.74) is 1.50. The highest BCUT2D eigenvalue weighted by atomic mass is 16.2. The van der Waals surface area contributed by atoms with Crippen molar-refractivity contribution in [3.63, 3.8) is 0 Å². The summed E-state index contributed by atoms with van der Waals surface area (Å²) < 4.78 is 0. The quantitative estimate of drug-likeness (QED) is 0.831. The first-order valence-corrected chi connectivity index (χ1v) is 8.09. The molecule has 0 radical (unpaired) electrons. The van der Waals surface area contributed by atoms with E-state index in [1.165, 1.54) is 5.56 Å². The molecule has 116 valence electrons. The third-order valence-electron chi connectivity index (χ3n) is 4.82. The Labute approximate surface area is 128 Å². The molecule has 1 saturated heterocycles. The number of hydrogen-bond acceptors (Lipinski definition) is 2. The van der Waals surface area contributed by atoms with Gasteiger partial charge in [-0.25, -0.2) is 0 Å². The number of piperazine rings is 1. The summed E-state index contributed by atoms with van der Waals surface area (Å²) in [5.74, 6) is 0.299. The van der Waals surface area contributed by atoms with Crippen LogP contribution in [0.4, 0.5) is 0 Å². The largest absolute Gasteiger partial charge is 0.340 e. The molecule has 1 aromatic rings. The highest BCUT2D eigenvalue weighted by Gasteiger charge is 2.29. The zero-order valence-corrected chi connectivity index (χ0v) is 13.6. The van der Waals surface area contributed by atoms with E-state index in [1.807, 2.05) is 23.1 Å². The number of nitrogens with zero attached hydrogens (tertiary/aromatic N) is 2. The summed E-state index contributed by atoms with van der Waals surface area (Å²) in [5, 5.41) is 0. The van der Waals surface area contributed by atoms with E-state index >= 15 is 0 Å². The summed E-state index contributed by atoms with van der Waals surface area (Å²) >= 11 is 0. The van der Waals surface area contributed by atoms with E-state index in [4.69, 9.17) is 0 Å². The van der Waals surface area contributed by atoms with Gasteiger partial charge in [0.2, 0.25) is 5.91 Å². The van der Waals surface area contributed by atoms with Gasteiger partial charge in [0.1, 0.15) is 0 Å². The van der Waals surface area contributed by atoms with E-state index < -0.39 is 0 Å². The molecule has 1 aliphatic rings. The van der Waals surface area contributed by atoms with Crippen LogP contribution in [0, 0.1) is 0 Å². The molecule has 0 N–H and O–H groups in total. The molecular weight excluding hydrogens is 260 g/mol. The summed E-state index contributed by atoms with van der Waals surface area (Å²) in [4.78, 5) is 16.8. The van der Waals surface area contributed by atoms with E-state index in [1.54, 1.807) is 0 Å². The van der Waals surface area contributed by atoms with Gasteiger partial charge in [0.25, 0.3) is 0 Å².